The highest BCUT2D eigenvalue weighted by atomic mass is 16.8. The Morgan fingerprint density at radius 3 is 2.82 bits per heavy atom. The number of rotatable bonds is 3. The van der Waals surface area contributed by atoms with E-state index in [-0.39, 0.29) is 52.9 Å². The minimum Gasteiger partial charge on any atom is -0.458 e. The van der Waals surface area contributed by atoms with Gasteiger partial charge in [0, 0.05) is 18.0 Å². The van der Waals surface area contributed by atoms with Gasteiger partial charge in [-0.1, -0.05) is 26.0 Å². The Morgan fingerprint density at radius 2 is 2.03 bits per heavy atom. The van der Waals surface area contributed by atoms with Crippen LogP contribution < -0.4 is 5.69 Å². The molecule has 5 fully saturated rings. The monoisotopic (exact) mass is 537 g/mol. The lowest BCUT2D eigenvalue weighted by Gasteiger charge is -2.53. The van der Waals surface area contributed by atoms with Gasteiger partial charge >= 0.3 is 17.6 Å². The summed E-state index contributed by atoms with van der Waals surface area (Å²) in [6.07, 6.45) is 1.89. The maximum Gasteiger partial charge on any atom is 0.361 e. The average molecular weight is 538 g/mol. The first-order chi connectivity index (χ1) is 18.6. The van der Waals surface area contributed by atoms with Crippen LogP contribution in [0.4, 0.5) is 0 Å². The second kappa shape index (κ2) is 6.42. The van der Waals surface area contributed by atoms with Gasteiger partial charge in [0.15, 0.2) is 23.0 Å². The molecule has 9 atom stereocenters. The van der Waals surface area contributed by atoms with Crippen molar-refractivity contribution in [2.75, 3.05) is 6.61 Å². The molecule has 6 heterocycles. The number of esters is 2. The molecule has 2 aromatic heterocycles. The van der Waals surface area contributed by atoms with Crippen molar-refractivity contribution < 1.29 is 33.3 Å². The zero-order chi connectivity index (χ0) is 26.9. The van der Waals surface area contributed by atoms with Gasteiger partial charge in [-0.3, -0.25) is 0 Å². The van der Waals surface area contributed by atoms with E-state index in [0.29, 0.717) is 19.4 Å². The summed E-state index contributed by atoms with van der Waals surface area (Å²) in [6, 6.07) is 0. The summed E-state index contributed by atoms with van der Waals surface area (Å²) in [5.74, 6) is -0.840. The van der Waals surface area contributed by atoms with Crippen LogP contribution in [0.1, 0.15) is 50.5 Å². The van der Waals surface area contributed by atoms with Crippen molar-refractivity contribution in [1.29, 1.82) is 0 Å². The first kappa shape index (κ1) is 22.6. The summed E-state index contributed by atoms with van der Waals surface area (Å²) < 4.78 is 33.8. The van der Waals surface area contributed by atoms with E-state index in [1.54, 1.807) is 0 Å². The van der Waals surface area contributed by atoms with E-state index in [1.165, 1.54) is 17.8 Å². The lowest BCUT2D eigenvalue weighted by molar-refractivity contribution is -0.136. The summed E-state index contributed by atoms with van der Waals surface area (Å²) in [7, 11) is 1.47. The van der Waals surface area contributed by atoms with Gasteiger partial charge in [-0.25, -0.2) is 23.8 Å². The number of aromatic nitrogens is 5. The number of hydrogen-bond donors (Lipinski definition) is 0. The summed E-state index contributed by atoms with van der Waals surface area (Å²) in [5.41, 5.74) is -1.38. The van der Waals surface area contributed by atoms with Crippen molar-refractivity contribution >= 4 is 17.6 Å². The number of carbonyl (C=O) groups is 2. The van der Waals surface area contributed by atoms with Crippen LogP contribution in [0.2, 0.25) is 0 Å². The standard InChI is InChI=1S/C26H27N5O8/c1-10(2)24-16(38-24)17-26(39-17)23(3)6-5-11-12(8-35-19(11)32)13(23)7-14-25(26,37-14)21(24)36-20(33)15-18-28-29-30(4)22(34)31(18)9-27-15/h9-10,13-14,16-17,21H,5-8H2,1-4H3. The molecule has 0 N–H and O–H groups in total. The van der Waals surface area contributed by atoms with Crippen molar-refractivity contribution in [3.05, 3.63) is 33.7 Å². The van der Waals surface area contributed by atoms with Crippen LogP contribution in [0.25, 0.3) is 5.65 Å². The molecule has 9 rings (SSSR count). The third-order valence-electron chi connectivity index (χ3n) is 11.0. The number of carbonyl (C=O) groups excluding carboxylic acids is 2. The molecule has 2 aromatic rings. The summed E-state index contributed by atoms with van der Waals surface area (Å²) >= 11 is 0. The highest BCUT2D eigenvalue weighted by molar-refractivity contribution is 5.94. The van der Waals surface area contributed by atoms with E-state index < -0.39 is 34.6 Å². The minimum atomic E-state index is -0.880. The van der Waals surface area contributed by atoms with Crippen LogP contribution in [-0.2, 0) is 35.5 Å². The third-order valence-corrected chi connectivity index (χ3v) is 11.0. The van der Waals surface area contributed by atoms with Crippen LogP contribution in [0.3, 0.4) is 0 Å². The molecule has 4 aliphatic heterocycles. The molecular formula is C26H27N5O8. The summed E-state index contributed by atoms with van der Waals surface area (Å²) in [6.45, 7) is 6.65. The van der Waals surface area contributed by atoms with Crippen LogP contribution in [0, 0.1) is 17.3 Å². The fourth-order valence-corrected chi connectivity index (χ4v) is 9.03. The Kier molecular flexibility index (Phi) is 3.73. The Balaban J connectivity index is 1.15. The van der Waals surface area contributed by atoms with Crippen molar-refractivity contribution in [1.82, 2.24) is 24.4 Å². The van der Waals surface area contributed by atoms with E-state index in [4.69, 9.17) is 23.7 Å². The predicted molar refractivity (Wildman–Crippen MR) is 126 cm³/mol. The Hall–Kier alpha value is -3.16. The first-order valence-electron chi connectivity index (χ1n) is 13.5. The van der Waals surface area contributed by atoms with Crippen molar-refractivity contribution in [2.24, 2.45) is 24.3 Å². The van der Waals surface area contributed by atoms with Crippen molar-refractivity contribution in [3.63, 3.8) is 0 Å². The Bertz CT molecular complexity index is 1650. The van der Waals surface area contributed by atoms with Gasteiger partial charge in [0.2, 0.25) is 0 Å². The number of imidazole rings is 1. The van der Waals surface area contributed by atoms with Crippen molar-refractivity contribution in [3.8, 4) is 0 Å². The third kappa shape index (κ3) is 2.19. The topological polar surface area (TPSA) is 155 Å². The largest absolute Gasteiger partial charge is 0.458 e. The van der Waals surface area contributed by atoms with Crippen molar-refractivity contribution in [2.45, 2.75) is 81.3 Å². The molecule has 0 amide bonds. The smallest absolute Gasteiger partial charge is 0.361 e. The van der Waals surface area contributed by atoms with Gasteiger partial charge in [0.1, 0.15) is 36.3 Å². The molecule has 2 spiro atoms. The molecule has 9 unspecified atom stereocenters. The molecule has 3 aliphatic carbocycles. The van der Waals surface area contributed by atoms with E-state index in [9.17, 15) is 14.4 Å². The molecule has 7 aliphatic rings. The predicted octanol–water partition coefficient (Wildman–Crippen LogP) is 0.104. The second-order valence-corrected chi connectivity index (χ2v) is 12.6. The van der Waals surface area contributed by atoms with E-state index >= 15 is 0 Å². The highest BCUT2D eigenvalue weighted by Crippen LogP contribution is 2.83. The van der Waals surface area contributed by atoms with E-state index in [0.717, 1.165) is 22.2 Å². The van der Waals surface area contributed by atoms with E-state index in [2.05, 4.69) is 36.1 Å². The number of hydrogen-bond acceptors (Lipinski definition) is 11. The zero-order valence-corrected chi connectivity index (χ0v) is 21.9. The molecule has 0 bridgehead atoms. The molecule has 2 saturated carbocycles. The van der Waals surface area contributed by atoms with Gasteiger partial charge in [-0.05, 0) is 36.7 Å². The molecule has 13 nitrogen and oxygen atoms in total. The highest BCUT2D eigenvalue weighted by Gasteiger charge is 3.01. The Labute approximate surface area is 221 Å². The van der Waals surface area contributed by atoms with Gasteiger partial charge in [0.25, 0.3) is 0 Å². The van der Waals surface area contributed by atoms with Crippen LogP contribution >= 0.6 is 0 Å². The quantitative estimate of drug-likeness (QED) is 0.387. The molecular weight excluding hydrogens is 510 g/mol. The SMILES string of the molecule is CC(C)C12OC1C1OC13C1(C)CCC4=C(COC4=O)C1CC1OC13C2OC(=O)c1ncn2c(=O)n(C)nnc12. The van der Waals surface area contributed by atoms with E-state index in [1.807, 2.05) is 0 Å². The lowest BCUT2D eigenvalue weighted by atomic mass is 9.46. The number of aryl methyl sites for hydroxylation is 1. The maximum atomic E-state index is 13.7. The minimum absolute atomic E-state index is 0.0135. The molecule has 0 radical (unpaired) electrons. The van der Waals surface area contributed by atoms with Gasteiger partial charge in [-0.15, -0.1) is 5.10 Å². The normalized spacial score (nSPS) is 46.0. The number of fused-ring (bicyclic) bond motifs is 5. The summed E-state index contributed by atoms with van der Waals surface area (Å²) in [4.78, 5) is 42.7. The lowest BCUT2D eigenvalue weighted by Crippen LogP contribution is -2.70. The van der Waals surface area contributed by atoms with Gasteiger partial charge in [-0.2, -0.15) is 4.68 Å². The van der Waals surface area contributed by atoms with Gasteiger partial charge < -0.3 is 23.7 Å². The summed E-state index contributed by atoms with van der Waals surface area (Å²) in [5, 5.41) is 7.81. The number of nitrogens with zero attached hydrogens (tertiary/aromatic N) is 5. The zero-order valence-electron chi connectivity index (χ0n) is 21.9. The fraction of sp³-hybridized carbons (Fsp3) is 0.692. The second-order valence-electron chi connectivity index (χ2n) is 12.6. The molecule has 0 aromatic carbocycles. The van der Waals surface area contributed by atoms with Crippen LogP contribution in [0.5, 0.6) is 0 Å². The average Bonchev–Trinajstić information content (AvgIpc) is 3.83. The molecule has 3 saturated heterocycles. The van der Waals surface area contributed by atoms with Crippen LogP contribution in [-0.4, -0.2) is 84.1 Å². The first-order valence-corrected chi connectivity index (χ1v) is 13.5. The molecule has 39 heavy (non-hydrogen) atoms. The molecule has 204 valence electrons. The number of ether oxygens (including phenoxy) is 5. The van der Waals surface area contributed by atoms with Crippen LogP contribution in [0.15, 0.2) is 22.3 Å². The number of epoxide rings is 3. The Morgan fingerprint density at radius 1 is 1.21 bits per heavy atom. The maximum absolute atomic E-state index is 13.7. The molecule has 13 heteroatoms. The van der Waals surface area contributed by atoms with Gasteiger partial charge in [0.05, 0.1) is 6.10 Å². The number of cyclic esters (lactones) is 1. The fourth-order valence-electron chi connectivity index (χ4n) is 9.03.